The molecule has 0 aromatic heterocycles. The van der Waals surface area contributed by atoms with Crippen LogP contribution < -0.4 is 0 Å². The first-order valence-corrected chi connectivity index (χ1v) is 11.4. The van der Waals surface area contributed by atoms with E-state index in [2.05, 4.69) is 121 Å². The molecule has 0 radical (unpaired) electrons. The topological polar surface area (TPSA) is 24.7 Å². The minimum absolute atomic E-state index is 0.839. The van der Waals surface area contributed by atoms with E-state index < -0.39 is 0 Å². The van der Waals surface area contributed by atoms with Gasteiger partial charge in [0.1, 0.15) is 0 Å². The third kappa shape index (κ3) is 3.66. The van der Waals surface area contributed by atoms with Gasteiger partial charge in [-0.1, -0.05) is 121 Å². The maximum atomic E-state index is 4.78. The molecule has 6 rings (SSSR count). The molecule has 0 N–H and O–H groups in total. The van der Waals surface area contributed by atoms with Crippen LogP contribution in [0.3, 0.4) is 0 Å². The van der Waals surface area contributed by atoms with Gasteiger partial charge in [-0.2, -0.15) is 0 Å². The molecule has 0 saturated heterocycles. The summed E-state index contributed by atoms with van der Waals surface area (Å²) in [6.45, 7) is 0. The summed E-state index contributed by atoms with van der Waals surface area (Å²) < 4.78 is 0. The predicted molar refractivity (Wildman–Crippen MR) is 143 cm³/mol. The van der Waals surface area contributed by atoms with E-state index in [0.29, 0.717) is 0 Å². The standard InChI is InChI=1S/C32H22N2/c1-3-15-25-23(11-1)13-9-21-31(29-19-7-5-17-27(25)29)33-34-32-22-10-14-24-12-2-4-16-26(24)28-18-6-8-20-30(28)32/h1-22H/b13-9-,14-10-,21-9?,22-10?,23-13?,24-14?,27-25?,28-26?,31-21?,31-29?,32-22?,32-30?,34-33?. The largest absolute Gasteiger partial charge is 0.150 e. The zero-order chi connectivity index (χ0) is 22.7. The van der Waals surface area contributed by atoms with Crippen LogP contribution in [0.4, 0.5) is 0 Å². The van der Waals surface area contributed by atoms with Crippen molar-refractivity contribution in [1.29, 1.82) is 0 Å². The molecule has 0 aliphatic heterocycles. The van der Waals surface area contributed by atoms with Gasteiger partial charge in [0, 0.05) is 11.1 Å². The van der Waals surface area contributed by atoms with Crippen molar-refractivity contribution in [3.8, 4) is 22.3 Å². The maximum Gasteiger partial charge on any atom is 0.0935 e. The van der Waals surface area contributed by atoms with Crippen LogP contribution in [0.2, 0.25) is 0 Å². The molecule has 160 valence electrons. The van der Waals surface area contributed by atoms with Crippen molar-refractivity contribution in [2.24, 2.45) is 10.2 Å². The van der Waals surface area contributed by atoms with Gasteiger partial charge in [-0.15, -0.1) is 10.2 Å². The summed E-state index contributed by atoms with van der Waals surface area (Å²) in [6.07, 6.45) is 12.5. The monoisotopic (exact) mass is 434 g/mol. The van der Waals surface area contributed by atoms with Crippen molar-refractivity contribution in [2.45, 2.75) is 0 Å². The van der Waals surface area contributed by atoms with Crippen LogP contribution in [0.1, 0.15) is 22.3 Å². The van der Waals surface area contributed by atoms with Gasteiger partial charge in [-0.05, 0) is 45.5 Å². The number of rotatable bonds is 2. The fourth-order valence-corrected chi connectivity index (χ4v) is 4.61. The summed E-state index contributed by atoms with van der Waals surface area (Å²) in [5.41, 5.74) is 10.9. The minimum atomic E-state index is 0.839. The van der Waals surface area contributed by atoms with Crippen LogP contribution in [0.25, 0.3) is 45.8 Å². The zero-order valence-electron chi connectivity index (χ0n) is 18.6. The third-order valence-electron chi connectivity index (χ3n) is 6.23. The van der Waals surface area contributed by atoms with Gasteiger partial charge in [-0.3, -0.25) is 0 Å². The van der Waals surface area contributed by atoms with Gasteiger partial charge < -0.3 is 0 Å². The van der Waals surface area contributed by atoms with Crippen molar-refractivity contribution >= 4 is 23.5 Å². The van der Waals surface area contributed by atoms with Gasteiger partial charge in [0.2, 0.25) is 0 Å². The molecule has 2 aliphatic rings. The van der Waals surface area contributed by atoms with E-state index in [4.69, 9.17) is 10.2 Å². The third-order valence-corrected chi connectivity index (χ3v) is 6.23. The van der Waals surface area contributed by atoms with Gasteiger partial charge in [-0.25, -0.2) is 0 Å². The van der Waals surface area contributed by atoms with Gasteiger partial charge >= 0.3 is 0 Å². The van der Waals surface area contributed by atoms with Gasteiger partial charge in [0.05, 0.1) is 11.4 Å². The Morgan fingerprint density at radius 2 is 0.706 bits per heavy atom. The Bertz CT molecular complexity index is 1430. The Hall–Kier alpha value is -4.56. The normalized spacial score (nSPS) is 15.8. The molecule has 4 aromatic rings. The van der Waals surface area contributed by atoms with Crippen LogP contribution in [0.15, 0.2) is 132 Å². The van der Waals surface area contributed by atoms with Crippen molar-refractivity contribution in [1.82, 2.24) is 0 Å². The van der Waals surface area contributed by atoms with Gasteiger partial charge in [0.15, 0.2) is 0 Å². The predicted octanol–water partition coefficient (Wildman–Crippen LogP) is 8.91. The average Bonchev–Trinajstić information content (AvgIpc) is 2.88. The minimum Gasteiger partial charge on any atom is -0.150 e. The molecule has 0 unspecified atom stereocenters. The zero-order valence-corrected chi connectivity index (χ0v) is 18.6. The lowest BCUT2D eigenvalue weighted by molar-refractivity contribution is 1.24. The van der Waals surface area contributed by atoms with Crippen LogP contribution in [-0.4, -0.2) is 0 Å². The summed E-state index contributed by atoms with van der Waals surface area (Å²) in [5.74, 6) is 0. The first-order chi connectivity index (χ1) is 16.9. The van der Waals surface area contributed by atoms with Crippen molar-refractivity contribution in [3.05, 3.63) is 144 Å². The number of fused-ring (bicyclic) bond motifs is 6. The Kier molecular flexibility index (Phi) is 5.17. The molecule has 2 nitrogen and oxygen atoms in total. The Morgan fingerprint density at radius 3 is 1.15 bits per heavy atom. The van der Waals surface area contributed by atoms with Crippen LogP contribution in [0.5, 0.6) is 0 Å². The van der Waals surface area contributed by atoms with E-state index in [9.17, 15) is 0 Å². The number of azo groups is 1. The second-order valence-electron chi connectivity index (χ2n) is 8.29. The van der Waals surface area contributed by atoms with Crippen LogP contribution in [0, 0.1) is 0 Å². The molecular formula is C32H22N2. The fourth-order valence-electron chi connectivity index (χ4n) is 4.61. The molecule has 0 heterocycles. The van der Waals surface area contributed by atoms with E-state index in [0.717, 1.165) is 33.6 Å². The maximum absolute atomic E-state index is 4.78. The smallest absolute Gasteiger partial charge is 0.0935 e. The molecule has 0 bridgehead atoms. The van der Waals surface area contributed by atoms with Crippen LogP contribution >= 0.6 is 0 Å². The summed E-state index contributed by atoms with van der Waals surface area (Å²) in [6, 6.07) is 33.7. The molecule has 0 amide bonds. The summed E-state index contributed by atoms with van der Waals surface area (Å²) in [4.78, 5) is 0. The van der Waals surface area contributed by atoms with Crippen molar-refractivity contribution in [3.63, 3.8) is 0 Å². The molecule has 2 aliphatic carbocycles. The molecule has 0 spiro atoms. The number of hydrogen-bond donors (Lipinski definition) is 0. The summed E-state index contributed by atoms with van der Waals surface area (Å²) >= 11 is 0. The second kappa shape index (κ2) is 8.76. The lowest BCUT2D eigenvalue weighted by atomic mass is 9.92. The number of allylic oxidation sites excluding steroid dienone is 4. The van der Waals surface area contributed by atoms with E-state index in [1.54, 1.807) is 0 Å². The highest BCUT2D eigenvalue weighted by atomic mass is 15.1. The molecule has 34 heavy (non-hydrogen) atoms. The van der Waals surface area contributed by atoms with E-state index in [-0.39, 0.29) is 0 Å². The highest BCUT2D eigenvalue weighted by molar-refractivity contribution is 5.89. The first-order valence-electron chi connectivity index (χ1n) is 11.4. The molecule has 4 aromatic carbocycles. The second-order valence-corrected chi connectivity index (χ2v) is 8.29. The summed E-state index contributed by atoms with van der Waals surface area (Å²) in [7, 11) is 0. The number of nitrogens with zero attached hydrogens (tertiary/aromatic N) is 2. The quantitative estimate of drug-likeness (QED) is 0.281. The number of hydrogen-bond acceptors (Lipinski definition) is 2. The van der Waals surface area contributed by atoms with Gasteiger partial charge in [0.25, 0.3) is 0 Å². The average molecular weight is 435 g/mol. The summed E-state index contributed by atoms with van der Waals surface area (Å²) in [5, 5.41) is 9.57. The Labute approximate surface area is 199 Å². The lowest BCUT2D eigenvalue weighted by Gasteiger charge is -2.15. The van der Waals surface area contributed by atoms with Crippen molar-refractivity contribution in [2.75, 3.05) is 0 Å². The highest BCUT2D eigenvalue weighted by Crippen LogP contribution is 2.37. The molecular weight excluding hydrogens is 412 g/mol. The highest BCUT2D eigenvalue weighted by Gasteiger charge is 2.15. The fraction of sp³-hybridized carbons (Fsp3) is 0. The molecule has 0 fully saturated rings. The van der Waals surface area contributed by atoms with Crippen LogP contribution in [-0.2, 0) is 0 Å². The Balaban J connectivity index is 1.46. The molecule has 0 atom stereocenters. The SMILES string of the molecule is C1=C(N=NC2=C/C=C\c3ccccc3-c3ccccc32)c2ccccc2-c2ccccc2/C=C\1. The Morgan fingerprint density at radius 1 is 0.353 bits per heavy atom. The van der Waals surface area contributed by atoms with Crippen molar-refractivity contribution < 1.29 is 0 Å². The number of benzene rings is 4. The first kappa shape index (κ1) is 20.1. The van der Waals surface area contributed by atoms with E-state index in [1.165, 1.54) is 22.3 Å². The molecule has 2 heteroatoms. The van der Waals surface area contributed by atoms with E-state index in [1.807, 2.05) is 12.2 Å². The lowest BCUT2D eigenvalue weighted by Crippen LogP contribution is -1.93. The van der Waals surface area contributed by atoms with E-state index >= 15 is 0 Å². The molecule has 0 saturated carbocycles.